The van der Waals surface area contributed by atoms with Crippen LogP contribution in [0.2, 0.25) is 0 Å². The van der Waals surface area contributed by atoms with Gasteiger partial charge in [-0.15, -0.1) is 0 Å². The van der Waals surface area contributed by atoms with E-state index in [9.17, 15) is 30.0 Å². The first-order valence-corrected chi connectivity index (χ1v) is 16.5. The molecular formula is C33H60O8. The summed E-state index contributed by atoms with van der Waals surface area (Å²) in [6.07, 6.45) is 17.8. The van der Waals surface area contributed by atoms with E-state index in [1.54, 1.807) is 6.08 Å². The molecule has 0 aromatic heterocycles. The summed E-state index contributed by atoms with van der Waals surface area (Å²) in [6.45, 7) is 3.79. The number of ether oxygens (including phenoxy) is 2. The first-order valence-electron chi connectivity index (χ1n) is 16.5. The van der Waals surface area contributed by atoms with Gasteiger partial charge in [-0.05, 0) is 31.6 Å². The van der Waals surface area contributed by atoms with Crippen molar-refractivity contribution in [2.24, 2.45) is 11.8 Å². The second kappa shape index (κ2) is 24.0. The Bertz CT molecular complexity index is 697. The average molecular weight is 585 g/mol. The predicted molar refractivity (Wildman–Crippen MR) is 161 cm³/mol. The van der Waals surface area contributed by atoms with Gasteiger partial charge in [-0.1, -0.05) is 103 Å². The van der Waals surface area contributed by atoms with Crippen LogP contribution in [0.3, 0.4) is 0 Å². The van der Waals surface area contributed by atoms with Crippen LogP contribution in [0.4, 0.5) is 0 Å². The van der Waals surface area contributed by atoms with E-state index in [1.165, 1.54) is 25.7 Å². The van der Waals surface area contributed by atoms with Gasteiger partial charge in [0.15, 0.2) is 6.10 Å². The Morgan fingerprint density at radius 3 is 2.05 bits per heavy atom. The van der Waals surface area contributed by atoms with E-state index in [0.717, 1.165) is 64.2 Å². The van der Waals surface area contributed by atoms with Crippen LogP contribution in [0, 0.1) is 11.8 Å². The van der Waals surface area contributed by atoms with Crippen molar-refractivity contribution in [3.63, 3.8) is 0 Å². The summed E-state index contributed by atoms with van der Waals surface area (Å²) in [7, 11) is 0. The van der Waals surface area contributed by atoms with Crippen LogP contribution in [-0.2, 0) is 19.1 Å². The summed E-state index contributed by atoms with van der Waals surface area (Å²) < 4.78 is 10.5. The maximum Gasteiger partial charge on any atom is 0.306 e. The van der Waals surface area contributed by atoms with Crippen LogP contribution in [0.15, 0.2) is 12.2 Å². The molecule has 0 saturated heterocycles. The fraction of sp³-hybridized carbons (Fsp3) is 0.879. The molecule has 0 unspecified atom stereocenters. The molecule has 1 aliphatic carbocycles. The molecule has 1 fully saturated rings. The monoisotopic (exact) mass is 584 g/mol. The van der Waals surface area contributed by atoms with Crippen molar-refractivity contribution in [2.45, 2.75) is 160 Å². The number of carbonyl (C=O) groups is 2. The van der Waals surface area contributed by atoms with E-state index < -0.39 is 37.0 Å². The molecule has 0 radical (unpaired) electrons. The van der Waals surface area contributed by atoms with E-state index in [2.05, 4.69) is 13.8 Å². The van der Waals surface area contributed by atoms with Gasteiger partial charge < -0.3 is 29.9 Å². The van der Waals surface area contributed by atoms with Crippen LogP contribution in [0.5, 0.6) is 0 Å². The summed E-state index contributed by atoms with van der Waals surface area (Å²) in [5, 5.41) is 40.5. The molecule has 8 nitrogen and oxygen atoms in total. The van der Waals surface area contributed by atoms with Crippen molar-refractivity contribution in [1.82, 2.24) is 0 Å². The van der Waals surface area contributed by atoms with Gasteiger partial charge in [0, 0.05) is 25.2 Å². The third kappa shape index (κ3) is 17.9. The lowest BCUT2D eigenvalue weighted by molar-refractivity contribution is -0.161. The Labute approximate surface area is 248 Å². The lowest BCUT2D eigenvalue weighted by Gasteiger charge is -2.21. The van der Waals surface area contributed by atoms with Crippen molar-refractivity contribution in [1.29, 1.82) is 0 Å². The van der Waals surface area contributed by atoms with Crippen LogP contribution in [0.25, 0.3) is 0 Å². The molecule has 0 aliphatic heterocycles. The van der Waals surface area contributed by atoms with Crippen LogP contribution >= 0.6 is 0 Å². The second-order valence-corrected chi connectivity index (χ2v) is 11.9. The summed E-state index contributed by atoms with van der Waals surface area (Å²) in [6, 6.07) is 0. The Morgan fingerprint density at radius 2 is 1.39 bits per heavy atom. The first kappa shape index (κ1) is 37.5. The number of hydrogen-bond acceptors (Lipinski definition) is 8. The van der Waals surface area contributed by atoms with E-state index in [1.807, 2.05) is 6.08 Å². The van der Waals surface area contributed by atoms with Gasteiger partial charge in [0.2, 0.25) is 0 Å². The summed E-state index contributed by atoms with van der Waals surface area (Å²) in [5.74, 6) is -0.924. The molecule has 41 heavy (non-hydrogen) atoms. The molecule has 0 amide bonds. The zero-order valence-corrected chi connectivity index (χ0v) is 25.9. The second-order valence-electron chi connectivity index (χ2n) is 11.9. The van der Waals surface area contributed by atoms with E-state index in [4.69, 9.17) is 9.47 Å². The molecule has 0 spiro atoms. The molecule has 0 bridgehead atoms. The number of rotatable bonds is 25. The zero-order chi connectivity index (χ0) is 30.3. The van der Waals surface area contributed by atoms with Gasteiger partial charge in [-0.2, -0.15) is 0 Å². The Balaban J connectivity index is 2.20. The number of esters is 2. The third-order valence-electron chi connectivity index (χ3n) is 8.16. The van der Waals surface area contributed by atoms with E-state index in [0.29, 0.717) is 25.7 Å². The van der Waals surface area contributed by atoms with Crippen LogP contribution < -0.4 is 0 Å². The minimum absolute atomic E-state index is 0.0344. The molecule has 0 aromatic rings. The van der Waals surface area contributed by atoms with Gasteiger partial charge in [0.1, 0.15) is 6.61 Å². The molecule has 0 heterocycles. The molecule has 6 atom stereocenters. The van der Waals surface area contributed by atoms with E-state index >= 15 is 0 Å². The van der Waals surface area contributed by atoms with E-state index in [-0.39, 0.29) is 30.8 Å². The minimum atomic E-state index is -0.842. The van der Waals surface area contributed by atoms with Gasteiger partial charge >= 0.3 is 11.9 Å². The number of aliphatic hydroxyl groups excluding tert-OH is 4. The Morgan fingerprint density at radius 1 is 0.805 bits per heavy atom. The Kier molecular flexibility index (Phi) is 22.0. The van der Waals surface area contributed by atoms with Crippen molar-refractivity contribution in [2.75, 3.05) is 13.2 Å². The highest BCUT2D eigenvalue weighted by molar-refractivity contribution is 5.70. The highest BCUT2D eigenvalue weighted by Gasteiger charge is 2.39. The molecule has 1 rings (SSSR count). The number of carbonyl (C=O) groups excluding carboxylic acids is 2. The third-order valence-corrected chi connectivity index (χ3v) is 8.16. The lowest BCUT2D eigenvalue weighted by atomic mass is 9.88. The minimum Gasteiger partial charge on any atom is -0.462 e. The SMILES string of the molecule is CCCCCCCCCC(=O)OC[C@H](CO)OC(=O)CCCCCC[C@@H]1[C@@H](/C=C/[C@@H](O)CCCCC)[C@H](O)C[C@@H]1O. The maximum atomic E-state index is 12.2. The predicted octanol–water partition coefficient (Wildman–Crippen LogP) is 5.77. The van der Waals surface area contributed by atoms with Crippen molar-refractivity contribution >= 4 is 11.9 Å². The molecule has 4 N–H and O–H groups in total. The Hall–Kier alpha value is -1.48. The van der Waals surface area contributed by atoms with Crippen molar-refractivity contribution in [3.05, 3.63) is 12.2 Å². The normalized spacial score (nSPS) is 22.2. The molecule has 1 aliphatic rings. The highest BCUT2D eigenvalue weighted by Crippen LogP contribution is 2.37. The average Bonchev–Trinajstić information content (AvgIpc) is 3.22. The van der Waals surface area contributed by atoms with Gasteiger partial charge in [-0.3, -0.25) is 9.59 Å². The van der Waals surface area contributed by atoms with Gasteiger partial charge in [0.25, 0.3) is 0 Å². The summed E-state index contributed by atoms with van der Waals surface area (Å²) in [4.78, 5) is 24.1. The smallest absolute Gasteiger partial charge is 0.306 e. The highest BCUT2D eigenvalue weighted by atomic mass is 16.6. The fourth-order valence-corrected chi connectivity index (χ4v) is 5.59. The number of aliphatic hydroxyl groups is 4. The number of unbranched alkanes of at least 4 members (excludes halogenated alkanes) is 11. The molecule has 240 valence electrons. The molecular weight excluding hydrogens is 524 g/mol. The van der Waals surface area contributed by atoms with Crippen molar-refractivity contribution < 1.29 is 39.5 Å². The van der Waals surface area contributed by atoms with Gasteiger partial charge in [0.05, 0.1) is 24.9 Å². The number of hydrogen-bond donors (Lipinski definition) is 4. The lowest BCUT2D eigenvalue weighted by Crippen LogP contribution is -2.28. The summed E-state index contributed by atoms with van der Waals surface area (Å²) in [5.41, 5.74) is 0. The largest absolute Gasteiger partial charge is 0.462 e. The maximum absolute atomic E-state index is 12.2. The van der Waals surface area contributed by atoms with Gasteiger partial charge in [-0.25, -0.2) is 0 Å². The topological polar surface area (TPSA) is 134 Å². The van der Waals surface area contributed by atoms with Crippen molar-refractivity contribution in [3.8, 4) is 0 Å². The quantitative estimate of drug-likeness (QED) is 0.0604. The molecule has 1 saturated carbocycles. The molecule has 0 aromatic carbocycles. The standard InChI is InChI=1S/C33H60O8/c1-3-5-7-8-9-10-15-19-32(38)40-25-27(24-34)41-33(39)20-16-12-11-14-18-28-29(31(37)23-30(28)36)22-21-26(35)17-13-6-4-2/h21-22,26-31,34-37H,3-20,23-25H2,1-2H3/b22-21+/t26-,27-,28+,29+,30-,31+/m0/s1. The summed E-state index contributed by atoms with van der Waals surface area (Å²) >= 11 is 0. The van der Waals surface area contributed by atoms with Crippen LogP contribution in [0.1, 0.15) is 136 Å². The fourth-order valence-electron chi connectivity index (χ4n) is 5.59. The first-order chi connectivity index (χ1) is 19.8. The molecule has 8 heteroatoms. The zero-order valence-electron chi connectivity index (χ0n) is 25.9. The van der Waals surface area contributed by atoms with Crippen LogP contribution in [-0.4, -0.2) is 70.0 Å².